The molecule has 0 N–H and O–H groups in total. The number of hydrogen-bond acceptors (Lipinski definition) is 9. The second kappa shape index (κ2) is 11.6. The maximum absolute atomic E-state index is 13.4. The van der Waals surface area contributed by atoms with Crippen LogP contribution in [0.4, 0.5) is 11.4 Å². The highest BCUT2D eigenvalue weighted by Crippen LogP contribution is 2.38. The van der Waals surface area contributed by atoms with Crippen molar-refractivity contribution in [3.8, 4) is 11.5 Å². The molecule has 2 amide bonds. The number of carbonyl (C=O) groups excluding carboxylic acids is 4. The summed E-state index contributed by atoms with van der Waals surface area (Å²) < 4.78 is 10.8. The van der Waals surface area contributed by atoms with Crippen LogP contribution in [0.25, 0.3) is 10.9 Å². The van der Waals surface area contributed by atoms with Crippen molar-refractivity contribution in [1.29, 1.82) is 0 Å². The van der Waals surface area contributed by atoms with Gasteiger partial charge in [0.05, 0.1) is 43.5 Å². The Kier molecular flexibility index (Phi) is 7.53. The van der Waals surface area contributed by atoms with Crippen LogP contribution in [0.15, 0.2) is 91.0 Å². The number of Topliss-reactive ketones (excluding diaryl/α,β-unsaturated/α-hetero) is 1. The van der Waals surface area contributed by atoms with Crippen molar-refractivity contribution in [2.24, 2.45) is 0 Å². The van der Waals surface area contributed by atoms with Gasteiger partial charge < -0.3 is 9.47 Å². The average molecular weight is 622 g/mol. The molecule has 0 saturated heterocycles. The molecule has 0 aliphatic carbocycles. The summed E-state index contributed by atoms with van der Waals surface area (Å²) in [4.78, 5) is 68.2. The number of anilines is 1. The Balaban J connectivity index is 1.10. The van der Waals surface area contributed by atoms with Crippen LogP contribution < -0.4 is 9.64 Å². The fraction of sp³-hybridized carbons (Fsp3) is 0.0606. The molecule has 0 bridgehead atoms. The predicted octanol–water partition coefficient (Wildman–Crippen LogP) is 6.74. The monoisotopic (exact) mass is 621 g/mol. The van der Waals surface area contributed by atoms with Crippen molar-refractivity contribution in [3.63, 3.8) is 0 Å². The van der Waals surface area contributed by atoms with Crippen molar-refractivity contribution < 1.29 is 33.6 Å². The Morgan fingerprint density at radius 2 is 1.53 bits per heavy atom. The highest BCUT2D eigenvalue weighted by Gasteiger charge is 2.40. The van der Waals surface area contributed by atoms with Gasteiger partial charge in [-0.1, -0.05) is 35.9 Å². The van der Waals surface area contributed by atoms with E-state index >= 15 is 0 Å². The third-order valence-corrected chi connectivity index (χ3v) is 7.44. The van der Waals surface area contributed by atoms with Crippen LogP contribution in [-0.2, 0) is 4.74 Å². The summed E-state index contributed by atoms with van der Waals surface area (Å²) in [5.74, 6) is -2.21. The lowest BCUT2D eigenvalue weighted by molar-refractivity contribution is -0.385. The quantitative estimate of drug-likeness (QED) is 0.0604. The number of nitro benzene ring substituents is 1. The van der Waals surface area contributed by atoms with Crippen molar-refractivity contribution in [1.82, 2.24) is 4.98 Å². The number of ketones is 1. The first kappa shape index (κ1) is 29.1. The maximum Gasteiger partial charge on any atom is 0.338 e. The van der Waals surface area contributed by atoms with E-state index < -0.39 is 35.1 Å². The second-order valence-corrected chi connectivity index (χ2v) is 10.3. The van der Waals surface area contributed by atoms with Gasteiger partial charge in [0.1, 0.15) is 5.75 Å². The van der Waals surface area contributed by atoms with Crippen molar-refractivity contribution in [2.75, 3.05) is 11.5 Å². The van der Waals surface area contributed by atoms with Crippen LogP contribution in [-0.4, -0.2) is 40.1 Å². The van der Waals surface area contributed by atoms with E-state index in [0.29, 0.717) is 16.6 Å². The fourth-order valence-corrected chi connectivity index (χ4v) is 5.19. The number of fused-ring (bicyclic) bond motifs is 3. The number of hydrogen-bond donors (Lipinski definition) is 0. The van der Waals surface area contributed by atoms with Gasteiger partial charge in [-0.3, -0.25) is 29.5 Å². The van der Waals surface area contributed by atoms with E-state index in [2.05, 4.69) is 4.98 Å². The molecule has 5 aromatic rings. The first-order valence-electron chi connectivity index (χ1n) is 13.4. The number of halogens is 1. The number of benzene rings is 4. The SMILES string of the molecule is Cc1nc2ccccc2c2c1C(=O)N(c1ccc(C(=O)OCC(=O)c3ccc(Oc4c(Cl)cccc4[N+](=O)[O-])cc3)cc1)C2=O. The maximum atomic E-state index is 13.4. The molecule has 4 aromatic carbocycles. The summed E-state index contributed by atoms with van der Waals surface area (Å²) in [5.41, 5.74) is 1.85. The molecule has 1 aliphatic rings. The summed E-state index contributed by atoms with van der Waals surface area (Å²) in [6, 6.07) is 22.6. The molecule has 1 aliphatic heterocycles. The number of aryl methyl sites for hydroxylation is 1. The van der Waals surface area contributed by atoms with Gasteiger partial charge >= 0.3 is 11.7 Å². The Morgan fingerprint density at radius 1 is 0.867 bits per heavy atom. The number of amides is 2. The number of carbonyl (C=O) groups is 4. The Morgan fingerprint density at radius 3 is 2.24 bits per heavy atom. The molecular formula is C33H20ClN3O8. The number of aromatic nitrogens is 1. The molecule has 0 atom stereocenters. The molecule has 0 unspecified atom stereocenters. The standard InChI is InChI=1S/C33H20ClN3O8/c1-18-28-29(23-5-2-3-7-25(23)35-18)32(40)36(31(28)39)21-13-9-20(10-14-21)33(41)44-17-27(38)19-11-15-22(16-12-19)45-30-24(34)6-4-8-26(30)37(42)43/h2-16H,17H2,1H3. The van der Waals surface area contributed by atoms with Crippen LogP contribution in [0.3, 0.4) is 0 Å². The third-order valence-electron chi connectivity index (χ3n) is 7.14. The van der Waals surface area contributed by atoms with Gasteiger partial charge in [-0.25, -0.2) is 9.69 Å². The molecule has 6 rings (SSSR count). The van der Waals surface area contributed by atoms with E-state index in [9.17, 15) is 29.3 Å². The van der Waals surface area contributed by atoms with Gasteiger partial charge in [0, 0.05) is 17.0 Å². The summed E-state index contributed by atoms with van der Waals surface area (Å²) in [7, 11) is 0. The van der Waals surface area contributed by atoms with Crippen LogP contribution >= 0.6 is 11.6 Å². The molecular weight excluding hydrogens is 602 g/mol. The summed E-state index contributed by atoms with van der Waals surface area (Å²) >= 11 is 6.06. The van der Waals surface area contributed by atoms with E-state index in [4.69, 9.17) is 21.1 Å². The summed E-state index contributed by atoms with van der Waals surface area (Å²) in [6.07, 6.45) is 0. The van der Waals surface area contributed by atoms with Crippen molar-refractivity contribution in [3.05, 3.63) is 134 Å². The minimum absolute atomic E-state index is 0.0500. The molecule has 0 saturated carbocycles. The second-order valence-electron chi connectivity index (χ2n) is 9.93. The molecule has 12 heteroatoms. The lowest BCUT2D eigenvalue weighted by atomic mass is 10.0. The van der Waals surface area contributed by atoms with Crippen LogP contribution in [0.1, 0.15) is 47.1 Å². The lowest BCUT2D eigenvalue weighted by Gasteiger charge is -2.14. The normalized spacial score (nSPS) is 12.3. The minimum Gasteiger partial charge on any atom is -0.454 e. The largest absolute Gasteiger partial charge is 0.454 e. The Hall–Kier alpha value is -5.94. The Bertz CT molecular complexity index is 2060. The van der Waals surface area contributed by atoms with E-state index in [1.807, 2.05) is 0 Å². The van der Waals surface area contributed by atoms with Crippen molar-refractivity contribution >= 4 is 57.4 Å². The topological polar surface area (TPSA) is 146 Å². The zero-order valence-corrected chi connectivity index (χ0v) is 24.1. The fourth-order valence-electron chi connectivity index (χ4n) is 4.98. The number of pyridine rings is 1. The zero-order valence-electron chi connectivity index (χ0n) is 23.4. The first-order valence-corrected chi connectivity index (χ1v) is 13.8. The van der Waals surface area contributed by atoms with Crippen LogP contribution in [0.5, 0.6) is 11.5 Å². The average Bonchev–Trinajstić information content (AvgIpc) is 3.31. The van der Waals surface area contributed by atoms with Gasteiger partial charge in [0.2, 0.25) is 5.75 Å². The van der Waals surface area contributed by atoms with Gasteiger partial charge in [-0.2, -0.15) is 0 Å². The number of nitro groups is 1. The van der Waals surface area contributed by atoms with E-state index in [0.717, 1.165) is 4.90 Å². The van der Waals surface area contributed by atoms with Crippen molar-refractivity contribution in [2.45, 2.75) is 6.92 Å². The molecule has 222 valence electrons. The number of para-hydroxylation sites is 2. The van der Waals surface area contributed by atoms with Crippen LogP contribution in [0.2, 0.25) is 5.02 Å². The van der Waals surface area contributed by atoms with E-state index in [1.54, 1.807) is 31.2 Å². The number of ether oxygens (including phenoxy) is 2. The van der Waals surface area contributed by atoms with Gasteiger partial charge in [-0.05, 0) is 67.6 Å². The van der Waals surface area contributed by atoms with Gasteiger partial charge in [-0.15, -0.1) is 0 Å². The smallest absolute Gasteiger partial charge is 0.338 e. The Labute approximate surface area is 259 Å². The lowest BCUT2D eigenvalue weighted by Crippen LogP contribution is -2.29. The first-order chi connectivity index (χ1) is 21.6. The highest BCUT2D eigenvalue weighted by atomic mass is 35.5. The molecule has 45 heavy (non-hydrogen) atoms. The third kappa shape index (κ3) is 5.36. The summed E-state index contributed by atoms with van der Waals surface area (Å²) in [5, 5.41) is 11.9. The molecule has 2 heterocycles. The number of rotatable bonds is 8. The van der Waals surface area contributed by atoms with Crippen LogP contribution in [0, 0.1) is 17.0 Å². The molecule has 0 radical (unpaired) electrons. The predicted molar refractivity (Wildman–Crippen MR) is 163 cm³/mol. The van der Waals surface area contributed by atoms with E-state index in [-0.39, 0.29) is 50.2 Å². The zero-order chi connectivity index (χ0) is 31.8. The number of esters is 1. The molecule has 0 fully saturated rings. The van der Waals surface area contributed by atoms with Gasteiger partial charge in [0.15, 0.2) is 12.4 Å². The van der Waals surface area contributed by atoms with E-state index in [1.165, 1.54) is 66.7 Å². The van der Waals surface area contributed by atoms with Gasteiger partial charge in [0.25, 0.3) is 11.8 Å². The molecule has 11 nitrogen and oxygen atoms in total. The minimum atomic E-state index is -0.783. The molecule has 1 aromatic heterocycles. The summed E-state index contributed by atoms with van der Waals surface area (Å²) in [6.45, 7) is 1.12. The molecule has 0 spiro atoms. The number of nitrogens with zero attached hydrogens (tertiary/aromatic N) is 3. The number of imide groups is 1. The highest BCUT2D eigenvalue weighted by molar-refractivity contribution is 6.37.